The smallest absolute Gasteiger partial charge is 0.428 e. The summed E-state index contributed by atoms with van der Waals surface area (Å²) >= 11 is 0. The zero-order valence-electron chi connectivity index (χ0n) is 11.9. The van der Waals surface area contributed by atoms with Gasteiger partial charge in [0, 0.05) is 11.5 Å². The molecule has 0 unspecified atom stereocenters. The zero-order chi connectivity index (χ0) is 16.9. The molecule has 1 fully saturated rings. The van der Waals surface area contributed by atoms with Gasteiger partial charge in [0.1, 0.15) is 0 Å². The van der Waals surface area contributed by atoms with Gasteiger partial charge in [-0.1, -0.05) is 13.0 Å². The molecular formula is C14H13F5O3. The third-order valence-corrected chi connectivity index (χ3v) is 4.12. The van der Waals surface area contributed by atoms with Crippen LogP contribution in [0.1, 0.15) is 25.3 Å². The summed E-state index contributed by atoms with van der Waals surface area (Å²) in [5.74, 6) is -7.08. The van der Waals surface area contributed by atoms with Gasteiger partial charge >= 0.3 is 12.1 Å². The van der Waals surface area contributed by atoms with Gasteiger partial charge in [-0.3, -0.25) is 4.79 Å². The number of hydrogen-bond donors (Lipinski definition) is 0. The minimum Gasteiger partial charge on any atom is -0.493 e. The van der Waals surface area contributed by atoms with E-state index in [1.807, 2.05) is 0 Å². The first-order valence-corrected chi connectivity index (χ1v) is 6.36. The quantitative estimate of drug-likeness (QED) is 0.616. The van der Waals surface area contributed by atoms with Crippen LogP contribution < -0.4 is 4.74 Å². The number of benzene rings is 1. The van der Waals surface area contributed by atoms with Crippen LogP contribution >= 0.6 is 0 Å². The molecular weight excluding hydrogens is 311 g/mol. The van der Waals surface area contributed by atoms with Crippen LogP contribution in [0.5, 0.6) is 5.75 Å². The number of esters is 1. The molecule has 0 radical (unpaired) electrons. The summed E-state index contributed by atoms with van der Waals surface area (Å²) in [7, 11) is 1.04. The lowest BCUT2D eigenvalue weighted by atomic mass is 9.79. The molecule has 0 aliphatic carbocycles. The van der Waals surface area contributed by atoms with Gasteiger partial charge in [-0.15, -0.1) is 0 Å². The van der Waals surface area contributed by atoms with Crippen LogP contribution in [0.25, 0.3) is 0 Å². The van der Waals surface area contributed by atoms with Crippen LogP contribution in [0, 0.1) is 17.6 Å². The van der Waals surface area contributed by atoms with Crippen molar-refractivity contribution in [2.45, 2.75) is 31.5 Å². The summed E-state index contributed by atoms with van der Waals surface area (Å²) in [6.07, 6.45) is -4.79. The molecule has 8 heteroatoms. The normalized spacial score (nSPS) is 28.6. The van der Waals surface area contributed by atoms with E-state index in [0.29, 0.717) is 0 Å². The molecule has 0 amide bonds. The minimum absolute atomic E-state index is 0.174. The Labute approximate surface area is 123 Å². The third kappa shape index (κ3) is 2.21. The lowest BCUT2D eigenvalue weighted by Crippen LogP contribution is -2.46. The monoisotopic (exact) mass is 324 g/mol. The summed E-state index contributed by atoms with van der Waals surface area (Å²) in [5, 5.41) is 0. The van der Waals surface area contributed by atoms with E-state index in [9.17, 15) is 26.7 Å². The van der Waals surface area contributed by atoms with Gasteiger partial charge in [0.05, 0.1) is 13.0 Å². The van der Waals surface area contributed by atoms with E-state index in [0.717, 1.165) is 26.2 Å². The number of ether oxygens (including phenoxy) is 2. The summed E-state index contributed by atoms with van der Waals surface area (Å²) in [6.45, 7) is 1.92. The number of carbonyl (C=O) groups excluding carboxylic acids is 1. The highest BCUT2D eigenvalue weighted by molar-refractivity contribution is 5.82. The zero-order valence-corrected chi connectivity index (χ0v) is 11.9. The van der Waals surface area contributed by atoms with Crippen molar-refractivity contribution in [2.24, 2.45) is 5.92 Å². The highest BCUT2D eigenvalue weighted by atomic mass is 19.4. The molecule has 122 valence electrons. The predicted molar refractivity (Wildman–Crippen MR) is 65.4 cm³/mol. The molecule has 1 aliphatic heterocycles. The molecule has 22 heavy (non-hydrogen) atoms. The van der Waals surface area contributed by atoms with Crippen molar-refractivity contribution in [3.05, 3.63) is 29.3 Å². The number of alkyl halides is 3. The number of hydrogen-bond acceptors (Lipinski definition) is 3. The SMILES string of the molecule is COc1c([C@@H]2C(=O)O[C@@](C)(C(F)(F)F)[C@H]2C)ccc(F)c1F. The molecule has 0 N–H and O–H groups in total. The Kier molecular flexibility index (Phi) is 3.83. The Morgan fingerprint density at radius 3 is 2.32 bits per heavy atom. The standard InChI is InChI=1S/C14H13F5O3/c1-6-9(12(20)22-13(6,2)14(17,18)19)7-4-5-8(15)10(16)11(7)21-3/h4-6,9H,1-3H3/t6-,9+,13+/m0/s1. The first-order chi connectivity index (χ1) is 10.0. The number of rotatable bonds is 2. The van der Waals surface area contributed by atoms with Crippen molar-refractivity contribution in [2.75, 3.05) is 7.11 Å². The van der Waals surface area contributed by atoms with E-state index in [2.05, 4.69) is 4.74 Å². The minimum atomic E-state index is -4.79. The van der Waals surface area contributed by atoms with Crippen LogP contribution in [0.4, 0.5) is 22.0 Å². The maximum Gasteiger partial charge on any atom is 0.428 e. The Hall–Kier alpha value is -1.86. The van der Waals surface area contributed by atoms with E-state index in [1.54, 1.807) is 0 Å². The first kappa shape index (κ1) is 16.5. The molecule has 1 aromatic carbocycles. The Bertz CT molecular complexity index is 613. The Morgan fingerprint density at radius 2 is 1.86 bits per heavy atom. The van der Waals surface area contributed by atoms with E-state index in [-0.39, 0.29) is 5.56 Å². The fourth-order valence-corrected chi connectivity index (χ4v) is 2.60. The lowest BCUT2D eigenvalue weighted by Gasteiger charge is -2.30. The molecule has 1 heterocycles. The topological polar surface area (TPSA) is 35.5 Å². The summed E-state index contributed by atoms with van der Waals surface area (Å²) in [4.78, 5) is 11.9. The lowest BCUT2D eigenvalue weighted by molar-refractivity contribution is -0.262. The third-order valence-electron chi connectivity index (χ3n) is 4.12. The van der Waals surface area contributed by atoms with Crippen molar-refractivity contribution in [1.29, 1.82) is 0 Å². The van der Waals surface area contributed by atoms with Crippen molar-refractivity contribution in [1.82, 2.24) is 0 Å². The van der Waals surface area contributed by atoms with Crippen LogP contribution in [0.2, 0.25) is 0 Å². The van der Waals surface area contributed by atoms with Crippen LogP contribution in [-0.2, 0) is 9.53 Å². The summed E-state index contributed by atoms with van der Waals surface area (Å²) < 4.78 is 75.6. The fraction of sp³-hybridized carbons (Fsp3) is 0.500. The van der Waals surface area contributed by atoms with Gasteiger partial charge in [-0.05, 0) is 13.0 Å². The fourth-order valence-electron chi connectivity index (χ4n) is 2.60. The maximum atomic E-state index is 13.7. The van der Waals surface area contributed by atoms with Crippen molar-refractivity contribution in [3.63, 3.8) is 0 Å². The average molecular weight is 324 g/mol. The second-order valence-corrected chi connectivity index (χ2v) is 5.28. The van der Waals surface area contributed by atoms with E-state index in [1.165, 1.54) is 6.92 Å². The van der Waals surface area contributed by atoms with Crippen LogP contribution in [0.3, 0.4) is 0 Å². The highest BCUT2D eigenvalue weighted by Gasteiger charge is 2.65. The van der Waals surface area contributed by atoms with Crippen molar-refractivity contribution >= 4 is 5.97 Å². The van der Waals surface area contributed by atoms with Crippen LogP contribution in [0.15, 0.2) is 12.1 Å². The van der Waals surface area contributed by atoms with Crippen molar-refractivity contribution < 1.29 is 36.2 Å². The molecule has 3 nitrogen and oxygen atoms in total. The molecule has 2 rings (SSSR count). The molecule has 1 saturated heterocycles. The van der Waals surface area contributed by atoms with Gasteiger partial charge in [0.25, 0.3) is 0 Å². The Balaban J connectivity index is 2.55. The van der Waals surface area contributed by atoms with Gasteiger partial charge in [0.2, 0.25) is 11.4 Å². The number of methoxy groups -OCH3 is 1. The number of halogens is 5. The van der Waals surface area contributed by atoms with E-state index >= 15 is 0 Å². The van der Waals surface area contributed by atoms with Gasteiger partial charge in [-0.25, -0.2) is 4.39 Å². The second kappa shape index (κ2) is 5.10. The van der Waals surface area contributed by atoms with Crippen LogP contribution in [-0.4, -0.2) is 24.9 Å². The highest BCUT2D eigenvalue weighted by Crippen LogP contribution is 2.52. The van der Waals surface area contributed by atoms with E-state index < -0.39 is 47.0 Å². The van der Waals surface area contributed by atoms with E-state index in [4.69, 9.17) is 4.74 Å². The largest absolute Gasteiger partial charge is 0.493 e. The molecule has 0 aromatic heterocycles. The molecule has 0 saturated carbocycles. The average Bonchev–Trinajstić information content (AvgIpc) is 2.64. The second-order valence-electron chi connectivity index (χ2n) is 5.28. The maximum absolute atomic E-state index is 13.7. The summed E-state index contributed by atoms with van der Waals surface area (Å²) in [5.41, 5.74) is -2.88. The number of carbonyl (C=O) groups is 1. The van der Waals surface area contributed by atoms with Gasteiger partial charge in [-0.2, -0.15) is 17.6 Å². The Morgan fingerprint density at radius 1 is 1.27 bits per heavy atom. The van der Waals surface area contributed by atoms with Crippen molar-refractivity contribution in [3.8, 4) is 5.75 Å². The molecule has 1 aromatic rings. The molecule has 3 atom stereocenters. The molecule has 0 bridgehead atoms. The number of cyclic esters (lactones) is 1. The first-order valence-electron chi connectivity index (χ1n) is 6.36. The predicted octanol–water partition coefficient (Wildman–Crippen LogP) is 3.57. The van der Waals surface area contributed by atoms with Gasteiger partial charge < -0.3 is 9.47 Å². The molecule has 0 spiro atoms. The molecule has 1 aliphatic rings. The van der Waals surface area contributed by atoms with Gasteiger partial charge in [0.15, 0.2) is 11.6 Å². The summed E-state index contributed by atoms with van der Waals surface area (Å²) in [6, 6.07) is 1.76.